The molecule has 7 heteroatoms. The number of benzene rings is 1. The second-order valence-electron chi connectivity index (χ2n) is 9.01. The van der Waals surface area contributed by atoms with Gasteiger partial charge in [-0.25, -0.2) is 4.99 Å². The van der Waals surface area contributed by atoms with Crippen molar-refractivity contribution in [1.82, 2.24) is 9.88 Å². The zero-order valence-electron chi connectivity index (χ0n) is 17.5. The van der Waals surface area contributed by atoms with E-state index < -0.39 is 11.1 Å². The first kappa shape index (κ1) is 20.8. The van der Waals surface area contributed by atoms with Crippen molar-refractivity contribution >= 4 is 23.5 Å². The first-order valence-electron chi connectivity index (χ1n) is 10.2. The molecule has 0 saturated heterocycles. The molecule has 1 amide bonds. The number of carbonyl (C=O) groups excluding carboxylic acids is 1. The highest BCUT2D eigenvalue weighted by atomic mass is 35.5. The highest BCUT2D eigenvalue weighted by Gasteiger charge is 2.48. The standard InChI is InChI=1S/C23H27ClN4O2/c1-14-7-8-15(13-26-14)9-16-5-4-6-18(20(16)24)23(3)12-19(29)28(21(25)27-23)17-10-22(2,30)11-17/h4-8,13,17,30H,9-12H2,1-3H3,(H2,25,27)/t17?,22?,23-/m0/s1. The number of aliphatic imine (C=N–C) groups is 1. The van der Waals surface area contributed by atoms with Crippen molar-refractivity contribution in [3.63, 3.8) is 0 Å². The van der Waals surface area contributed by atoms with E-state index in [-0.39, 0.29) is 24.3 Å². The molecule has 1 fully saturated rings. The molecule has 0 spiro atoms. The third-order valence-corrected chi connectivity index (χ3v) is 6.56. The first-order valence-corrected chi connectivity index (χ1v) is 10.5. The van der Waals surface area contributed by atoms with Crippen molar-refractivity contribution in [3.05, 3.63) is 63.9 Å². The minimum atomic E-state index is -0.831. The summed E-state index contributed by atoms with van der Waals surface area (Å²) in [6, 6.07) is 9.75. The summed E-state index contributed by atoms with van der Waals surface area (Å²) in [6.07, 6.45) is 3.69. The average molecular weight is 427 g/mol. The summed E-state index contributed by atoms with van der Waals surface area (Å²) in [5, 5.41) is 10.6. The topological polar surface area (TPSA) is 91.8 Å². The molecule has 0 bridgehead atoms. The van der Waals surface area contributed by atoms with Crippen molar-refractivity contribution in [2.75, 3.05) is 0 Å². The largest absolute Gasteiger partial charge is 0.390 e. The second-order valence-corrected chi connectivity index (χ2v) is 9.38. The molecule has 158 valence electrons. The SMILES string of the molecule is Cc1ccc(Cc2cccc([C@]3(C)CC(=O)N(C4CC(C)(O)C4)C(N)=N3)c2Cl)cn1. The zero-order chi connectivity index (χ0) is 21.7. The van der Waals surface area contributed by atoms with Crippen LogP contribution in [0.15, 0.2) is 41.5 Å². The number of rotatable bonds is 4. The lowest BCUT2D eigenvalue weighted by atomic mass is 9.75. The van der Waals surface area contributed by atoms with Crippen molar-refractivity contribution in [2.45, 2.75) is 63.6 Å². The number of nitrogens with zero attached hydrogens (tertiary/aromatic N) is 3. The number of hydrogen-bond donors (Lipinski definition) is 2. The summed E-state index contributed by atoms with van der Waals surface area (Å²) < 4.78 is 0. The molecule has 2 aliphatic rings. The van der Waals surface area contributed by atoms with Crippen LogP contribution in [0.25, 0.3) is 0 Å². The molecule has 4 rings (SSSR count). The molecule has 1 aliphatic heterocycles. The Labute approximate surface area is 181 Å². The summed E-state index contributed by atoms with van der Waals surface area (Å²) in [7, 11) is 0. The van der Waals surface area contributed by atoms with E-state index in [2.05, 4.69) is 4.98 Å². The predicted molar refractivity (Wildman–Crippen MR) is 117 cm³/mol. The molecule has 30 heavy (non-hydrogen) atoms. The Morgan fingerprint density at radius 1 is 1.27 bits per heavy atom. The molecule has 2 aromatic rings. The third kappa shape index (κ3) is 3.82. The number of nitrogens with two attached hydrogens (primary N) is 1. The molecule has 1 atom stereocenters. The van der Waals surface area contributed by atoms with E-state index >= 15 is 0 Å². The van der Waals surface area contributed by atoms with E-state index in [1.807, 2.05) is 50.4 Å². The van der Waals surface area contributed by atoms with Gasteiger partial charge in [0.1, 0.15) is 0 Å². The summed E-state index contributed by atoms with van der Waals surface area (Å²) in [5.41, 5.74) is 8.44. The van der Waals surface area contributed by atoms with Gasteiger partial charge in [-0.05, 0) is 56.4 Å². The van der Waals surface area contributed by atoms with Crippen LogP contribution in [0.2, 0.25) is 5.02 Å². The maximum absolute atomic E-state index is 13.0. The number of halogens is 1. The van der Waals surface area contributed by atoms with E-state index in [0.29, 0.717) is 24.3 Å². The number of hydrogen-bond acceptors (Lipinski definition) is 5. The maximum atomic E-state index is 13.0. The van der Waals surface area contributed by atoms with Gasteiger partial charge in [-0.2, -0.15) is 0 Å². The Morgan fingerprint density at radius 3 is 2.60 bits per heavy atom. The summed E-state index contributed by atoms with van der Waals surface area (Å²) in [4.78, 5) is 23.6. The van der Waals surface area contributed by atoms with E-state index in [1.165, 1.54) is 4.90 Å². The average Bonchev–Trinajstić information content (AvgIpc) is 2.63. The maximum Gasteiger partial charge on any atom is 0.232 e. The van der Waals surface area contributed by atoms with Gasteiger partial charge in [0.2, 0.25) is 5.91 Å². The minimum absolute atomic E-state index is 0.0882. The van der Waals surface area contributed by atoms with Crippen LogP contribution in [-0.2, 0) is 16.8 Å². The first-order chi connectivity index (χ1) is 14.1. The lowest BCUT2D eigenvalue weighted by Crippen LogP contribution is -2.61. The quantitative estimate of drug-likeness (QED) is 0.784. The van der Waals surface area contributed by atoms with E-state index in [4.69, 9.17) is 22.3 Å². The lowest BCUT2D eigenvalue weighted by Gasteiger charge is -2.48. The number of aromatic nitrogens is 1. The fourth-order valence-electron chi connectivity index (χ4n) is 4.49. The molecular formula is C23H27ClN4O2. The summed E-state index contributed by atoms with van der Waals surface area (Å²) in [5.74, 6) is 0.105. The highest BCUT2D eigenvalue weighted by molar-refractivity contribution is 6.32. The van der Waals surface area contributed by atoms with Crippen LogP contribution in [0.4, 0.5) is 0 Å². The molecule has 3 N–H and O–H groups in total. The number of aliphatic hydroxyl groups is 1. The molecule has 0 unspecified atom stereocenters. The van der Waals surface area contributed by atoms with Gasteiger partial charge >= 0.3 is 0 Å². The Kier molecular flexibility index (Phi) is 5.11. The number of amides is 1. The van der Waals surface area contributed by atoms with Crippen molar-refractivity contribution < 1.29 is 9.90 Å². The Bertz CT molecular complexity index is 1010. The van der Waals surface area contributed by atoms with E-state index in [1.54, 1.807) is 6.92 Å². The van der Waals surface area contributed by atoms with Crippen molar-refractivity contribution in [1.29, 1.82) is 0 Å². The summed E-state index contributed by atoms with van der Waals surface area (Å²) in [6.45, 7) is 5.61. The fourth-order valence-corrected chi connectivity index (χ4v) is 4.89. The predicted octanol–water partition coefficient (Wildman–Crippen LogP) is 3.31. The van der Waals surface area contributed by atoms with Crippen LogP contribution < -0.4 is 5.73 Å². The molecular weight excluding hydrogens is 400 g/mol. The Balaban J connectivity index is 1.62. The van der Waals surface area contributed by atoms with Crippen molar-refractivity contribution in [2.24, 2.45) is 10.7 Å². The summed E-state index contributed by atoms with van der Waals surface area (Å²) >= 11 is 6.79. The van der Waals surface area contributed by atoms with Crippen LogP contribution in [0.3, 0.4) is 0 Å². The smallest absolute Gasteiger partial charge is 0.232 e. The van der Waals surface area contributed by atoms with E-state index in [9.17, 15) is 9.90 Å². The van der Waals surface area contributed by atoms with E-state index in [0.717, 1.165) is 22.4 Å². The van der Waals surface area contributed by atoms with Gasteiger partial charge in [-0.3, -0.25) is 14.7 Å². The Hall–Kier alpha value is -2.44. The highest BCUT2D eigenvalue weighted by Crippen LogP contribution is 2.42. The van der Waals surface area contributed by atoms with Crippen LogP contribution in [0, 0.1) is 6.92 Å². The number of aryl methyl sites for hydroxylation is 1. The molecule has 1 aromatic heterocycles. The zero-order valence-corrected chi connectivity index (χ0v) is 18.3. The molecule has 1 aromatic carbocycles. The van der Waals surface area contributed by atoms with Crippen molar-refractivity contribution in [3.8, 4) is 0 Å². The fraction of sp³-hybridized carbons (Fsp3) is 0.435. The van der Waals surface area contributed by atoms with Gasteiger partial charge in [0, 0.05) is 29.4 Å². The van der Waals surface area contributed by atoms with Crippen LogP contribution in [0.5, 0.6) is 0 Å². The van der Waals surface area contributed by atoms with Gasteiger partial charge < -0.3 is 10.8 Å². The van der Waals surface area contributed by atoms with Gasteiger partial charge in [0.05, 0.1) is 17.6 Å². The van der Waals surface area contributed by atoms with Gasteiger partial charge in [0.25, 0.3) is 0 Å². The number of guanidine groups is 1. The van der Waals surface area contributed by atoms with Gasteiger partial charge in [-0.15, -0.1) is 0 Å². The number of pyridine rings is 1. The molecule has 0 radical (unpaired) electrons. The molecule has 1 saturated carbocycles. The molecule has 6 nitrogen and oxygen atoms in total. The molecule has 2 heterocycles. The monoisotopic (exact) mass is 426 g/mol. The van der Waals surface area contributed by atoms with Crippen LogP contribution in [-0.4, -0.2) is 38.5 Å². The van der Waals surface area contributed by atoms with Gasteiger partial charge in [-0.1, -0.05) is 35.9 Å². The minimum Gasteiger partial charge on any atom is -0.390 e. The van der Waals surface area contributed by atoms with Crippen LogP contribution >= 0.6 is 11.6 Å². The second kappa shape index (κ2) is 7.36. The van der Waals surface area contributed by atoms with Gasteiger partial charge in [0.15, 0.2) is 5.96 Å². The molecule has 1 aliphatic carbocycles. The number of carbonyl (C=O) groups is 1. The Morgan fingerprint density at radius 2 is 2.00 bits per heavy atom. The third-order valence-electron chi connectivity index (χ3n) is 6.11. The lowest BCUT2D eigenvalue weighted by molar-refractivity contribution is -0.138. The normalized spacial score (nSPS) is 28.8. The van der Waals surface area contributed by atoms with Crippen LogP contribution in [0.1, 0.15) is 55.5 Å².